The predicted molar refractivity (Wildman–Crippen MR) is 65.9 cm³/mol. The zero-order valence-corrected chi connectivity index (χ0v) is 9.43. The van der Waals surface area contributed by atoms with Crippen molar-refractivity contribution in [2.75, 3.05) is 0 Å². The quantitative estimate of drug-likeness (QED) is 0.842. The van der Waals surface area contributed by atoms with E-state index in [0.717, 1.165) is 12.2 Å². The number of hydrogen-bond donors (Lipinski definition) is 1. The van der Waals surface area contributed by atoms with E-state index >= 15 is 0 Å². The lowest BCUT2D eigenvalue weighted by molar-refractivity contribution is 0.568. The van der Waals surface area contributed by atoms with E-state index in [1.807, 2.05) is 30.5 Å². The minimum atomic E-state index is 0.350. The molecule has 0 aliphatic carbocycles. The zero-order valence-electron chi connectivity index (χ0n) is 9.43. The first-order valence-electron chi connectivity index (χ1n) is 5.54. The Morgan fingerprint density at radius 3 is 2.50 bits per heavy atom. The first-order chi connectivity index (χ1) is 7.86. The maximum atomic E-state index is 4.28. The highest BCUT2D eigenvalue weighted by Crippen LogP contribution is 2.11. The van der Waals surface area contributed by atoms with Gasteiger partial charge in [-0.05, 0) is 24.6 Å². The van der Waals surface area contributed by atoms with E-state index in [4.69, 9.17) is 0 Å². The van der Waals surface area contributed by atoms with Gasteiger partial charge in [-0.25, -0.2) is 0 Å². The number of rotatable bonds is 4. The molecule has 16 heavy (non-hydrogen) atoms. The van der Waals surface area contributed by atoms with E-state index in [9.17, 15) is 0 Å². The van der Waals surface area contributed by atoms with Crippen molar-refractivity contribution in [3.8, 4) is 0 Å². The predicted octanol–water partition coefficient (Wildman–Crippen LogP) is 2.93. The number of hydrogen-bond acceptors (Lipinski definition) is 2. The van der Waals surface area contributed by atoms with E-state index in [1.54, 1.807) is 0 Å². The van der Waals surface area contributed by atoms with E-state index < -0.39 is 0 Å². The van der Waals surface area contributed by atoms with Crippen LogP contribution in [0.1, 0.15) is 24.2 Å². The van der Waals surface area contributed by atoms with Gasteiger partial charge >= 0.3 is 0 Å². The molecule has 2 rings (SSSR count). The van der Waals surface area contributed by atoms with Crippen LogP contribution in [-0.4, -0.2) is 4.98 Å². The SMILES string of the molecule is C[C@@H](NCc1ccccn1)c1ccccc1. The van der Waals surface area contributed by atoms with Crippen LogP contribution in [0.3, 0.4) is 0 Å². The third-order valence-electron chi connectivity index (χ3n) is 2.62. The average Bonchev–Trinajstić information content (AvgIpc) is 2.38. The Morgan fingerprint density at radius 2 is 1.81 bits per heavy atom. The molecule has 0 radical (unpaired) electrons. The fourth-order valence-electron chi connectivity index (χ4n) is 1.62. The largest absolute Gasteiger partial charge is 0.305 e. The van der Waals surface area contributed by atoms with Gasteiger partial charge in [0.2, 0.25) is 0 Å². The highest BCUT2D eigenvalue weighted by atomic mass is 14.9. The molecule has 1 aromatic heterocycles. The summed E-state index contributed by atoms with van der Waals surface area (Å²) < 4.78 is 0. The van der Waals surface area contributed by atoms with E-state index in [0.29, 0.717) is 6.04 Å². The highest BCUT2D eigenvalue weighted by Gasteiger charge is 2.03. The summed E-state index contributed by atoms with van der Waals surface area (Å²) in [7, 11) is 0. The van der Waals surface area contributed by atoms with Crippen LogP contribution in [-0.2, 0) is 6.54 Å². The topological polar surface area (TPSA) is 24.9 Å². The van der Waals surface area contributed by atoms with Gasteiger partial charge in [0.1, 0.15) is 0 Å². The fourth-order valence-corrected chi connectivity index (χ4v) is 1.62. The summed E-state index contributed by atoms with van der Waals surface area (Å²) in [5, 5.41) is 3.45. The van der Waals surface area contributed by atoms with Crippen LogP contribution in [0.4, 0.5) is 0 Å². The lowest BCUT2D eigenvalue weighted by Gasteiger charge is -2.13. The van der Waals surface area contributed by atoms with Gasteiger partial charge in [0, 0.05) is 18.8 Å². The lowest BCUT2D eigenvalue weighted by Crippen LogP contribution is -2.18. The first-order valence-corrected chi connectivity index (χ1v) is 5.54. The Kier molecular flexibility index (Phi) is 3.67. The van der Waals surface area contributed by atoms with Crippen molar-refractivity contribution >= 4 is 0 Å². The molecule has 1 atom stereocenters. The summed E-state index contributed by atoms with van der Waals surface area (Å²) in [5.41, 5.74) is 2.38. The van der Waals surface area contributed by atoms with Crippen molar-refractivity contribution in [1.29, 1.82) is 0 Å². The summed E-state index contributed by atoms with van der Waals surface area (Å²) in [5.74, 6) is 0. The molecule has 0 unspecified atom stereocenters. The number of nitrogens with one attached hydrogen (secondary N) is 1. The lowest BCUT2D eigenvalue weighted by atomic mass is 10.1. The standard InChI is InChI=1S/C14H16N2/c1-12(13-7-3-2-4-8-13)16-11-14-9-5-6-10-15-14/h2-10,12,16H,11H2,1H3/t12-/m1/s1. The summed E-state index contributed by atoms with van der Waals surface area (Å²) in [6.45, 7) is 2.97. The normalized spacial score (nSPS) is 12.3. The smallest absolute Gasteiger partial charge is 0.0541 e. The highest BCUT2D eigenvalue weighted by molar-refractivity contribution is 5.18. The molecule has 1 aromatic carbocycles. The van der Waals surface area contributed by atoms with Gasteiger partial charge in [0.15, 0.2) is 0 Å². The van der Waals surface area contributed by atoms with Crippen molar-refractivity contribution in [1.82, 2.24) is 10.3 Å². The molecule has 0 bridgehead atoms. The summed E-state index contributed by atoms with van der Waals surface area (Å²) in [6, 6.07) is 16.8. The molecule has 0 fully saturated rings. The molecule has 0 amide bonds. The maximum Gasteiger partial charge on any atom is 0.0541 e. The molecular formula is C14H16N2. The van der Waals surface area contributed by atoms with Crippen molar-refractivity contribution in [3.05, 3.63) is 66.0 Å². The Balaban J connectivity index is 1.92. The third-order valence-corrected chi connectivity index (χ3v) is 2.62. The fraction of sp³-hybridized carbons (Fsp3) is 0.214. The van der Waals surface area contributed by atoms with E-state index in [1.165, 1.54) is 5.56 Å². The van der Waals surface area contributed by atoms with E-state index in [-0.39, 0.29) is 0 Å². The molecule has 0 aliphatic rings. The summed E-state index contributed by atoms with van der Waals surface area (Å²) >= 11 is 0. The van der Waals surface area contributed by atoms with Gasteiger partial charge in [0.05, 0.1) is 5.69 Å². The molecule has 2 nitrogen and oxygen atoms in total. The Bertz CT molecular complexity index is 411. The maximum absolute atomic E-state index is 4.28. The van der Waals surface area contributed by atoms with Crippen LogP contribution in [0.15, 0.2) is 54.7 Å². The Hall–Kier alpha value is -1.67. The molecule has 0 aliphatic heterocycles. The molecule has 82 valence electrons. The molecular weight excluding hydrogens is 196 g/mol. The van der Waals surface area contributed by atoms with Crippen LogP contribution >= 0.6 is 0 Å². The molecule has 1 heterocycles. The average molecular weight is 212 g/mol. The molecule has 2 heteroatoms. The monoisotopic (exact) mass is 212 g/mol. The number of aromatic nitrogens is 1. The van der Waals surface area contributed by atoms with Gasteiger partial charge in [-0.1, -0.05) is 36.4 Å². The first kappa shape index (κ1) is 10.8. The van der Waals surface area contributed by atoms with Crippen LogP contribution < -0.4 is 5.32 Å². The number of pyridine rings is 1. The Morgan fingerprint density at radius 1 is 1.06 bits per heavy atom. The van der Waals surface area contributed by atoms with Gasteiger partial charge < -0.3 is 5.32 Å². The Labute approximate surface area is 96.4 Å². The van der Waals surface area contributed by atoms with Crippen LogP contribution in [0.25, 0.3) is 0 Å². The van der Waals surface area contributed by atoms with Crippen molar-refractivity contribution in [2.24, 2.45) is 0 Å². The second kappa shape index (κ2) is 5.42. The molecule has 0 saturated carbocycles. The molecule has 1 N–H and O–H groups in total. The van der Waals surface area contributed by atoms with Crippen LogP contribution in [0.2, 0.25) is 0 Å². The van der Waals surface area contributed by atoms with Gasteiger partial charge in [-0.3, -0.25) is 4.98 Å². The minimum absolute atomic E-state index is 0.350. The van der Waals surface area contributed by atoms with Crippen molar-refractivity contribution in [3.63, 3.8) is 0 Å². The molecule has 0 saturated heterocycles. The van der Waals surface area contributed by atoms with Gasteiger partial charge in [-0.2, -0.15) is 0 Å². The van der Waals surface area contributed by atoms with E-state index in [2.05, 4.69) is 41.5 Å². The van der Waals surface area contributed by atoms with Gasteiger partial charge in [0.25, 0.3) is 0 Å². The second-order valence-corrected chi connectivity index (χ2v) is 3.83. The number of nitrogens with zero attached hydrogens (tertiary/aromatic N) is 1. The number of benzene rings is 1. The summed E-state index contributed by atoms with van der Waals surface area (Å²) in [6.07, 6.45) is 1.82. The molecule has 0 spiro atoms. The minimum Gasteiger partial charge on any atom is -0.305 e. The van der Waals surface area contributed by atoms with Crippen LogP contribution in [0, 0.1) is 0 Å². The zero-order chi connectivity index (χ0) is 11.2. The molecule has 2 aromatic rings. The second-order valence-electron chi connectivity index (χ2n) is 3.83. The third kappa shape index (κ3) is 2.91. The van der Waals surface area contributed by atoms with Crippen molar-refractivity contribution in [2.45, 2.75) is 19.5 Å². The summed E-state index contributed by atoms with van der Waals surface area (Å²) in [4.78, 5) is 4.28. The van der Waals surface area contributed by atoms with Crippen molar-refractivity contribution < 1.29 is 0 Å². The van der Waals surface area contributed by atoms with Gasteiger partial charge in [-0.15, -0.1) is 0 Å². The van der Waals surface area contributed by atoms with Crippen LogP contribution in [0.5, 0.6) is 0 Å².